The Bertz CT molecular complexity index is 413. The van der Waals surface area contributed by atoms with Crippen molar-refractivity contribution in [2.75, 3.05) is 14.1 Å². The normalized spacial score (nSPS) is 20.1. The third-order valence-corrected chi connectivity index (χ3v) is 3.06. The molecule has 0 saturated heterocycles. The number of hydrogen-bond acceptors (Lipinski definition) is 2. The summed E-state index contributed by atoms with van der Waals surface area (Å²) in [5, 5.41) is 0. The molecule has 1 rings (SSSR count). The largest absolute Gasteiger partial charge is 0.286 e. The Kier molecular flexibility index (Phi) is 6.96. The van der Waals surface area contributed by atoms with E-state index >= 15 is 0 Å². The van der Waals surface area contributed by atoms with Gasteiger partial charge in [0.1, 0.15) is 0 Å². The van der Waals surface area contributed by atoms with Gasteiger partial charge in [-0.1, -0.05) is 60.6 Å². The van der Waals surface area contributed by atoms with Crippen molar-refractivity contribution < 1.29 is 0 Å². The van der Waals surface area contributed by atoms with Crippen LogP contribution in [0.4, 0.5) is 0 Å². The van der Waals surface area contributed by atoms with Crippen LogP contribution >= 0.6 is 0 Å². The molecule has 0 aromatic carbocycles. The summed E-state index contributed by atoms with van der Waals surface area (Å²) in [6.45, 7) is 15.0. The maximum Gasteiger partial charge on any atom is 0.0862 e. The molecule has 0 atom stereocenters. The van der Waals surface area contributed by atoms with Crippen LogP contribution in [-0.4, -0.2) is 25.5 Å². The zero-order valence-corrected chi connectivity index (χ0v) is 14.1. The van der Waals surface area contributed by atoms with Crippen molar-refractivity contribution in [2.24, 2.45) is 21.3 Å². The monoisotopic (exact) mass is 262 g/mol. The fourth-order valence-corrected chi connectivity index (χ4v) is 2.13. The molecular weight excluding hydrogens is 232 g/mol. The molecule has 0 saturated carbocycles. The van der Waals surface area contributed by atoms with Crippen LogP contribution in [0.5, 0.6) is 0 Å². The quantitative estimate of drug-likeness (QED) is 0.611. The highest BCUT2D eigenvalue weighted by molar-refractivity contribution is 6.54. The molecule has 0 fully saturated rings. The summed E-state index contributed by atoms with van der Waals surface area (Å²) in [5.41, 5.74) is 4.75. The minimum atomic E-state index is 0.101. The van der Waals surface area contributed by atoms with Crippen LogP contribution in [0.25, 0.3) is 0 Å². The van der Waals surface area contributed by atoms with Gasteiger partial charge in [0.15, 0.2) is 0 Å². The van der Waals surface area contributed by atoms with Gasteiger partial charge in [-0.15, -0.1) is 0 Å². The second-order valence-corrected chi connectivity index (χ2v) is 5.75. The zero-order valence-electron chi connectivity index (χ0n) is 14.1. The summed E-state index contributed by atoms with van der Waals surface area (Å²) in [5.74, 6) is 0.475. The zero-order chi connectivity index (χ0) is 15.2. The average Bonchev–Trinajstić information content (AvgIpc) is 2.37. The molecule has 0 aromatic rings. The van der Waals surface area contributed by atoms with Crippen molar-refractivity contribution in [2.45, 2.75) is 48.5 Å². The first-order valence-corrected chi connectivity index (χ1v) is 7.20. The molecule has 1 aliphatic rings. The summed E-state index contributed by atoms with van der Waals surface area (Å²) in [7, 11) is 3.70. The maximum atomic E-state index is 4.46. The molecule has 0 bridgehead atoms. The van der Waals surface area contributed by atoms with E-state index in [1.54, 1.807) is 0 Å². The molecule has 2 heteroatoms. The summed E-state index contributed by atoms with van der Waals surface area (Å²) in [4.78, 5) is 8.90. The lowest BCUT2D eigenvalue weighted by atomic mass is 9.76. The minimum absolute atomic E-state index is 0.101. The highest BCUT2D eigenvalue weighted by Gasteiger charge is 2.29. The molecule has 0 aliphatic heterocycles. The van der Waals surface area contributed by atoms with E-state index in [0.29, 0.717) is 5.92 Å². The first-order chi connectivity index (χ1) is 8.82. The van der Waals surface area contributed by atoms with E-state index in [-0.39, 0.29) is 5.41 Å². The van der Waals surface area contributed by atoms with Gasteiger partial charge in [0.05, 0.1) is 11.4 Å². The van der Waals surface area contributed by atoms with Crippen molar-refractivity contribution in [3.05, 3.63) is 23.3 Å². The van der Waals surface area contributed by atoms with E-state index in [4.69, 9.17) is 0 Å². The lowest BCUT2D eigenvalue weighted by Gasteiger charge is -2.29. The van der Waals surface area contributed by atoms with Crippen LogP contribution in [0, 0.1) is 11.3 Å². The molecule has 108 valence electrons. The summed E-state index contributed by atoms with van der Waals surface area (Å²) < 4.78 is 0. The first-order valence-electron chi connectivity index (χ1n) is 7.20. The van der Waals surface area contributed by atoms with Crippen molar-refractivity contribution in [1.29, 1.82) is 0 Å². The first kappa shape index (κ1) is 17.8. The third-order valence-electron chi connectivity index (χ3n) is 3.06. The molecule has 1 aliphatic carbocycles. The fraction of sp³-hybridized carbons (Fsp3) is 0.647. The van der Waals surface area contributed by atoms with Gasteiger partial charge in [0.2, 0.25) is 0 Å². The predicted molar refractivity (Wildman–Crippen MR) is 88.5 cm³/mol. The van der Waals surface area contributed by atoms with Crippen molar-refractivity contribution in [3.63, 3.8) is 0 Å². The number of nitrogens with zero attached hydrogens (tertiary/aromatic N) is 2. The van der Waals surface area contributed by atoms with E-state index in [2.05, 4.69) is 56.8 Å². The van der Waals surface area contributed by atoms with Gasteiger partial charge in [-0.25, -0.2) is 0 Å². The highest BCUT2D eigenvalue weighted by atomic mass is 14.8. The Balaban J connectivity index is 0.00000154. The Morgan fingerprint density at radius 3 is 1.68 bits per heavy atom. The molecule has 0 heterocycles. The van der Waals surface area contributed by atoms with Crippen molar-refractivity contribution in [3.8, 4) is 0 Å². The molecular formula is C17H30N2. The highest BCUT2D eigenvalue weighted by Crippen LogP contribution is 2.32. The fourth-order valence-electron chi connectivity index (χ4n) is 2.13. The molecule has 0 spiro atoms. The number of allylic oxidation sites excluding steroid dienone is 4. The topological polar surface area (TPSA) is 24.7 Å². The standard InChI is InChI=1S/C15H24N2.C2H6/c1-10(2)11-8-9-12(15(3,4)5)14(17-7)13(11)16-6;1-2/h8-10H,1-7H3;1-2H3. The molecule has 0 radical (unpaired) electrons. The Morgan fingerprint density at radius 1 is 0.895 bits per heavy atom. The minimum Gasteiger partial charge on any atom is -0.286 e. The molecule has 0 amide bonds. The number of aliphatic imine (C=N–C) groups is 2. The predicted octanol–water partition coefficient (Wildman–Crippen LogP) is 4.72. The van der Waals surface area contributed by atoms with E-state index in [1.165, 1.54) is 11.1 Å². The Labute approximate surface area is 119 Å². The molecule has 2 nitrogen and oxygen atoms in total. The third kappa shape index (κ3) is 4.15. The van der Waals surface area contributed by atoms with Gasteiger partial charge in [0, 0.05) is 14.1 Å². The average molecular weight is 262 g/mol. The Hall–Kier alpha value is -1.18. The molecule has 0 N–H and O–H groups in total. The van der Waals surface area contributed by atoms with E-state index in [0.717, 1.165) is 11.4 Å². The van der Waals surface area contributed by atoms with Gasteiger partial charge in [-0.05, 0) is 22.5 Å². The second kappa shape index (κ2) is 7.42. The summed E-state index contributed by atoms with van der Waals surface area (Å²) in [6.07, 6.45) is 4.40. The smallest absolute Gasteiger partial charge is 0.0862 e. The maximum absolute atomic E-state index is 4.46. The van der Waals surface area contributed by atoms with Crippen LogP contribution in [-0.2, 0) is 0 Å². The van der Waals surface area contributed by atoms with Crippen LogP contribution < -0.4 is 0 Å². The van der Waals surface area contributed by atoms with Crippen molar-refractivity contribution >= 4 is 11.4 Å². The summed E-state index contributed by atoms with van der Waals surface area (Å²) >= 11 is 0. The summed E-state index contributed by atoms with van der Waals surface area (Å²) in [6, 6.07) is 0. The van der Waals surface area contributed by atoms with Gasteiger partial charge in [-0.2, -0.15) is 0 Å². The van der Waals surface area contributed by atoms with E-state index in [9.17, 15) is 0 Å². The van der Waals surface area contributed by atoms with Crippen LogP contribution in [0.3, 0.4) is 0 Å². The van der Waals surface area contributed by atoms with E-state index in [1.807, 2.05) is 27.9 Å². The van der Waals surface area contributed by atoms with Crippen LogP contribution in [0.2, 0.25) is 0 Å². The van der Waals surface area contributed by atoms with Gasteiger partial charge < -0.3 is 0 Å². The van der Waals surface area contributed by atoms with Crippen LogP contribution in [0.1, 0.15) is 48.5 Å². The van der Waals surface area contributed by atoms with Crippen molar-refractivity contribution in [1.82, 2.24) is 0 Å². The molecule has 0 unspecified atom stereocenters. The Morgan fingerprint density at radius 2 is 1.37 bits per heavy atom. The SMILES string of the molecule is CC.CN=C1C(C(C)C)=CC=C(C(C)(C)C)C1=NC. The van der Waals surface area contributed by atoms with E-state index < -0.39 is 0 Å². The van der Waals surface area contributed by atoms with Gasteiger partial charge in [-0.3, -0.25) is 9.98 Å². The molecule has 0 aromatic heterocycles. The number of rotatable bonds is 1. The molecule has 19 heavy (non-hydrogen) atoms. The van der Waals surface area contributed by atoms with Gasteiger partial charge >= 0.3 is 0 Å². The number of hydrogen-bond donors (Lipinski definition) is 0. The second-order valence-electron chi connectivity index (χ2n) is 5.75. The van der Waals surface area contributed by atoms with Gasteiger partial charge in [0.25, 0.3) is 0 Å². The lowest BCUT2D eigenvalue weighted by Crippen LogP contribution is -2.30. The lowest BCUT2D eigenvalue weighted by molar-refractivity contribution is 0.524. The van der Waals surface area contributed by atoms with Crippen LogP contribution in [0.15, 0.2) is 33.3 Å².